The van der Waals surface area contributed by atoms with E-state index in [-0.39, 0.29) is 12.2 Å². The zero-order chi connectivity index (χ0) is 25.2. The Bertz CT molecular complexity index is 1270. The molecule has 0 N–H and O–H groups in total. The van der Waals surface area contributed by atoms with Gasteiger partial charge in [0.05, 0.1) is 19.8 Å². The fourth-order valence-electron chi connectivity index (χ4n) is 3.42. The molecular weight excluding hydrogens is 454 g/mol. The van der Waals surface area contributed by atoms with Gasteiger partial charge in [0.15, 0.2) is 0 Å². The summed E-state index contributed by atoms with van der Waals surface area (Å²) in [6.45, 7) is 4.98. The summed E-state index contributed by atoms with van der Waals surface area (Å²) in [5, 5.41) is 0. The van der Waals surface area contributed by atoms with E-state index in [1.54, 1.807) is 63.6 Å². The van der Waals surface area contributed by atoms with Crippen molar-refractivity contribution in [3.8, 4) is 28.7 Å². The number of carbonyl (C=O) groups is 2. The van der Waals surface area contributed by atoms with Crippen molar-refractivity contribution in [1.82, 2.24) is 4.98 Å². The van der Waals surface area contributed by atoms with Crippen LogP contribution in [0.25, 0.3) is 17.5 Å². The number of aromatic nitrogens is 1. The van der Waals surface area contributed by atoms with Crippen LogP contribution in [-0.2, 0) is 25.7 Å². The SMILES string of the molecule is COc1ccc(OC)c(-c2nc(COc3ccc(C=C4C(=O)OC(C)(C)OC4=O)cc3)c(C)o2)c1. The van der Waals surface area contributed by atoms with Gasteiger partial charge in [0.2, 0.25) is 5.89 Å². The molecule has 0 spiro atoms. The summed E-state index contributed by atoms with van der Waals surface area (Å²) in [4.78, 5) is 28.8. The van der Waals surface area contributed by atoms with Gasteiger partial charge in [0.25, 0.3) is 5.79 Å². The molecule has 0 aliphatic carbocycles. The Morgan fingerprint density at radius 3 is 2.23 bits per heavy atom. The van der Waals surface area contributed by atoms with Gasteiger partial charge in [-0.25, -0.2) is 14.6 Å². The largest absolute Gasteiger partial charge is 0.497 e. The number of aryl methyl sites for hydroxylation is 1. The number of oxazole rings is 1. The van der Waals surface area contributed by atoms with Gasteiger partial charge >= 0.3 is 11.9 Å². The molecule has 1 aliphatic heterocycles. The van der Waals surface area contributed by atoms with E-state index in [1.165, 1.54) is 19.9 Å². The van der Waals surface area contributed by atoms with Crippen LogP contribution < -0.4 is 14.2 Å². The summed E-state index contributed by atoms with van der Waals surface area (Å²) >= 11 is 0. The lowest BCUT2D eigenvalue weighted by Gasteiger charge is -2.29. The minimum atomic E-state index is -1.28. The number of carbonyl (C=O) groups excluding carboxylic acids is 2. The van der Waals surface area contributed by atoms with Gasteiger partial charge in [-0.1, -0.05) is 12.1 Å². The molecule has 0 atom stereocenters. The lowest BCUT2D eigenvalue weighted by molar-refractivity contribution is -0.222. The molecule has 1 aromatic heterocycles. The van der Waals surface area contributed by atoms with Gasteiger partial charge in [-0.3, -0.25) is 0 Å². The average molecular weight is 479 g/mol. The molecule has 9 heteroatoms. The smallest absolute Gasteiger partial charge is 0.348 e. The first kappa shape index (κ1) is 23.9. The lowest BCUT2D eigenvalue weighted by Crippen LogP contribution is -2.41. The highest BCUT2D eigenvalue weighted by molar-refractivity contribution is 6.18. The van der Waals surface area contributed by atoms with Crippen LogP contribution in [0.15, 0.2) is 52.5 Å². The summed E-state index contributed by atoms with van der Waals surface area (Å²) in [5.74, 6) is 0.122. The van der Waals surface area contributed by atoms with Gasteiger partial charge in [0, 0.05) is 13.8 Å². The second-order valence-corrected chi connectivity index (χ2v) is 8.18. The molecule has 0 saturated carbocycles. The van der Waals surface area contributed by atoms with E-state index in [4.69, 9.17) is 28.1 Å². The van der Waals surface area contributed by atoms with Crippen molar-refractivity contribution < 1.29 is 37.7 Å². The molecule has 1 fully saturated rings. The maximum Gasteiger partial charge on any atom is 0.348 e. The van der Waals surface area contributed by atoms with Crippen LogP contribution in [-0.4, -0.2) is 36.9 Å². The summed E-state index contributed by atoms with van der Waals surface area (Å²) in [6, 6.07) is 12.2. The zero-order valence-corrected chi connectivity index (χ0v) is 20.0. The van der Waals surface area contributed by atoms with E-state index in [0.717, 1.165) is 0 Å². The van der Waals surface area contributed by atoms with Crippen molar-refractivity contribution in [2.24, 2.45) is 0 Å². The number of hydrogen-bond donors (Lipinski definition) is 0. The maximum absolute atomic E-state index is 12.1. The number of cyclic esters (lactones) is 2. The molecule has 0 bridgehead atoms. The molecular formula is C26H25NO8. The van der Waals surface area contributed by atoms with Crippen molar-refractivity contribution >= 4 is 18.0 Å². The number of methoxy groups -OCH3 is 2. The average Bonchev–Trinajstić information content (AvgIpc) is 3.20. The Morgan fingerprint density at radius 1 is 0.943 bits per heavy atom. The predicted octanol–water partition coefficient (Wildman–Crippen LogP) is 4.47. The number of nitrogens with zero attached hydrogens (tertiary/aromatic N) is 1. The Morgan fingerprint density at radius 2 is 1.60 bits per heavy atom. The van der Waals surface area contributed by atoms with Gasteiger partial charge in [-0.2, -0.15) is 0 Å². The molecule has 182 valence electrons. The number of hydrogen-bond acceptors (Lipinski definition) is 9. The second-order valence-electron chi connectivity index (χ2n) is 8.18. The first-order valence-corrected chi connectivity index (χ1v) is 10.8. The topological polar surface area (TPSA) is 106 Å². The Kier molecular flexibility index (Phi) is 6.50. The van der Waals surface area contributed by atoms with E-state index in [0.29, 0.717) is 45.7 Å². The van der Waals surface area contributed by atoms with Crippen molar-refractivity contribution in [3.63, 3.8) is 0 Å². The van der Waals surface area contributed by atoms with Crippen molar-refractivity contribution in [1.29, 1.82) is 0 Å². The minimum Gasteiger partial charge on any atom is -0.497 e. The van der Waals surface area contributed by atoms with Crippen LogP contribution >= 0.6 is 0 Å². The molecule has 2 aromatic carbocycles. The number of rotatable bonds is 7. The fourth-order valence-corrected chi connectivity index (χ4v) is 3.42. The normalized spacial score (nSPS) is 14.7. The van der Waals surface area contributed by atoms with Gasteiger partial charge in [-0.05, 0) is 48.9 Å². The first-order valence-electron chi connectivity index (χ1n) is 10.8. The maximum atomic E-state index is 12.1. The van der Waals surface area contributed by atoms with Gasteiger partial charge < -0.3 is 28.1 Å². The molecule has 0 radical (unpaired) electrons. The third-order valence-corrected chi connectivity index (χ3v) is 5.21. The highest BCUT2D eigenvalue weighted by Gasteiger charge is 2.38. The third-order valence-electron chi connectivity index (χ3n) is 5.21. The first-order chi connectivity index (χ1) is 16.7. The molecule has 9 nitrogen and oxygen atoms in total. The number of benzene rings is 2. The van der Waals surface area contributed by atoms with Crippen molar-refractivity contribution in [3.05, 3.63) is 65.1 Å². The highest BCUT2D eigenvalue weighted by Crippen LogP contribution is 2.34. The number of esters is 2. The molecule has 0 unspecified atom stereocenters. The van der Waals surface area contributed by atoms with Crippen LogP contribution in [0.1, 0.15) is 30.9 Å². The van der Waals surface area contributed by atoms with Crippen LogP contribution in [0.5, 0.6) is 17.2 Å². The summed E-state index contributed by atoms with van der Waals surface area (Å²) in [7, 11) is 3.16. The Hall–Kier alpha value is -4.27. The fraction of sp³-hybridized carbons (Fsp3) is 0.269. The standard InChI is InChI=1S/C26H25NO8/c1-15-21(27-23(33-15)19-13-18(30-4)10-11-22(19)31-5)14-32-17-8-6-16(7-9-17)12-20-24(28)34-26(2,3)35-25(20)29/h6-13H,14H2,1-5H3. The lowest BCUT2D eigenvalue weighted by atomic mass is 10.1. The summed E-state index contributed by atoms with van der Waals surface area (Å²) in [6.07, 6.45) is 1.42. The summed E-state index contributed by atoms with van der Waals surface area (Å²) in [5.41, 5.74) is 1.75. The highest BCUT2D eigenvalue weighted by atomic mass is 16.7. The van der Waals surface area contributed by atoms with E-state index in [1.807, 2.05) is 0 Å². The zero-order valence-electron chi connectivity index (χ0n) is 20.0. The molecule has 35 heavy (non-hydrogen) atoms. The van der Waals surface area contributed by atoms with Crippen LogP contribution in [0.4, 0.5) is 0 Å². The van der Waals surface area contributed by atoms with Crippen LogP contribution in [0.3, 0.4) is 0 Å². The van der Waals surface area contributed by atoms with Crippen LogP contribution in [0.2, 0.25) is 0 Å². The monoisotopic (exact) mass is 479 g/mol. The Labute approximate surface area is 202 Å². The minimum absolute atomic E-state index is 0.170. The van der Waals surface area contributed by atoms with Crippen LogP contribution in [0, 0.1) is 6.92 Å². The van der Waals surface area contributed by atoms with Gasteiger partial charge in [-0.15, -0.1) is 0 Å². The van der Waals surface area contributed by atoms with E-state index in [2.05, 4.69) is 4.98 Å². The third kappa shape index (κ3) is 5.29. The molecule has 2 heterocycles. The Balaban J connectivity index is 1.46. The molecule has 3 aromatic rings. The molecule has 0 amide bonds. The second kappa shape index (κ2) is 9.54. The predicted molar refractivity (Wildman–Crippen MR) is 125 cm³/mol. The molecule has 4 rings (SSSR count). The van der Waals surface area contributed by atoms with E-state index in [9.17, 15) is 9.59 Å². The molecule has 1 saturated heterocycles. The van der Waals surface area contributed by atoms with Crippen molar-refractivity contribution in [2.75, 3.05) is 14.2 Å². The summed E-state index contributed by atoms with van der Waals surface area (Å²) < 4.78 is 32.6. The van der Waals surface area contributed by atoms with Crippen molar-refractivity contribution in [2.45, 2.75) is 33.2 Å². The van der Waals surface area contributed by atoms with Gasteiger partial charge in [0.1, 0.15) is 40.9 Å². The molecule has 1 aliphatic rings. The number of ether oxygens (including phenoxy) is 5. The quantitative estimate of drug-likeness (QED) is 0.276. The van der Waals surface area contributed by atoms with E-state index >= 15 is 0 Å². The van der Waals surface area contributed by atoms with E-state index < -0.39 is 17.7 Å².